The summed E-state index contributed by atoms with van der Waals surface area (Å²) in [5.74, 6) is 0.427. The van der Waals surface area contributed by atoms with Crippen molar-refractivity contribution in [2.24, 2.45) is 11.7 Å². The van der Waals surface area contributed by atoms with Gasteiger partial charge in [0, 0.05) is 19.0 Å². The smallest absolute Gasteiger partial charge is 0.410 e. The van der Waals surface area contributed by atoms with E-state index in [9.17, 15) is 4.79 Å². The second-order valence-corrected chi connectivity index (χ2v) is 5.91. The van der Waals surface area contributed by atoms with Gasteiger partial charge in [0.05, 0.1) is 18.8 Å². The summed E-state index contributed by atoms with van der Waals surface area (Å²) in [6.07, 6.45) is 1.04. The normalized spacial score (nSPS) is 32.7. The van der Waals surface area contributed by atoms with Gasteiger partial charge in [-0.1, -0.05) is 0 Å². The second kappa shape index (κ2) is 4.46. The fourth-order valence-electron chi connectivity index (χ4n) is 2.49. The van der Waals surface area contributed by atoms with Crippen LogP contribution in [-0.4, -0.2) is 48.4 Å². The zero-order valence-corrected chi connectivity index (χ0v) is 10.8. The number of likely N-dealkylation sites (tertiary alicyclic amines) is 1. The molecule has 0 aromatic heterocycles. The molecule has 2 aliphatic heterocycles. The molecule has 3 atom stereocenters. The Morgan fingerprint density at radius 2 is 2.18 bits per heavy atom. The minimum Gasteiger partial charge on any atom is -0.444 e. The van der Waals surface area contributed by atoms with Crippen LogP contribution in [0.1, 0.15) is 27.2 Å². The van der Waals surface area contributed by atoms with E-state index in [-0.39, 0.29) is 18.3 Å². The first-order valence-corrected chi connectivity index (χ1v) is 6.22. The SMILES string of the molecule is CC(C)(C)OC(=O)N1C[C@@H]2C[C@H](CN)O[C@H]2C1. The van der Waals surface area contributed by atoms with Crippen molar-refractivity contribution in [1.82, 2.24) is 4.90 Å². The van der Waals surface area contributed by atoms with Crippen LogP contribution in [0.15, 0.2) is 0 Å². The van der Waals surface area contributed by atoms with Crippen molar-refractivity contribution in [2.75, 3.05) is 19.6 Å². The first-order valence-electron chi connectivity index (χ1n) is 6.22. The van der Waals surface area contributed by atoms with Gasteiger partial charge in [0.25, 0.3) is 0 Å². The van der Waals surface area contributed by atoms with Gasteiger partial charge in [-0.3, -0.25) is 0 Å². The van der Waals surface area contributed by atoms with E-state index in [2.05, 4.69) is 0 Å². The number of carbonyl (C=O) groups excluding carboxylic acids is 1. The van der Waals surface area contributed by atoms with E-state index in [1.54, 1.807) is 4.90 Å². The second-order valence-electron chi connectivity index (χ2n) is 5.91. The number of hydrogen-bond donors (Lipinski definition) is 1. The largest absolute Gasteiger partial charge is 0.444 e. The number of rotatable bonds is 1. The molecule has 0 bridgehead atoms. The highest BCUT2D eigenvalue weighted by Gasteiger charge is 2.43. The Hall–Kier alpha value is -0.810. The van der Waals surface area contributed by atoms with Gasteiger partial charge in [-0.2, -0.15) is 0 Å². The molecule has 2 aliphatic rings. The lowest BCUT2D eigenvalue weighted by atomic mass is 10.0. The molecule has 0 aromatic rings. The average Bonchev–Trinajstić information content (AvgIpc) is 2.70. The quantitative estimate of drug-likeness (QED) is 0.744. The predicted molar refractivity (Wildman–Crippen MR) is 63.6 cm³/mol. The van der Waals surface area contributed by atoms with E-state index in [4.69, 9.17) is 15.2 Å². The van der Waals surface area contributed by atoms with Crippen molar-refractivity contribution in [2.45, 2.75) is 45.0 Å². The number of nitrogens with two attached hydrogens (primary N) is 1. The number of carbonyl (C=O) groups is 1. The zero-order chi connectivity index (χ0) is 12.6. The summed E-state index contributed by atoms with van der Waals surface area (Å²) in [5.41, 5.74) is 5.15. The molecule has 98 valence electrons. The van der Waals surface area contributed by atoms with Crippen LogP contribution in [-0.2, 0) is 9.47 Å². The van der Waals surface area contributed by atoms with E-state index < -0.39 is 5.60 Å². The van der Waals surface area contributed by atoms with Crippen molar-refractivity contribution < 1.29 is 14.3 Å². The van der Waals surface area contributed by atoms with Crippen LogP contribution in [0.3, 0.4) is 0 Å². The first kappa shape index (κ1) is 12.6. The third-order valence-electron chi connectivity index (χ3n) is 3.23. The lowest BCUT2D eigenvalue weighted by Gasteiger charge is -2.25. The van der Waals surface area contributed by atoms with Gasteiger partial charge in [-0.15, -0.1) is 0 Å². The highest BCUT2D eigenvalue weighted by molar-refractivity contribution is 5.68. The summed E-state index contributed by atoms with van der Waals surface area (Å²) in [5, 5.41) is 0. The number of nitrogens with zero attached hydrogens (tertiary/aromatic N) is 1. The molecule has 0 spiro atoms. The third kappa shape index (κ3) is 2.90. The Morgan fingerprint density at radius 1 is 1.47 bits per heavy atom. The molecule has 2 rings (SSSR count). The first-order chi connectivity index (χ1) is 7.89. The van der Waals surface area contributed by atoms with Gasteiger partial charge in [-0.25, -0.2) is 4.79 Å². The van der Waals surface area contributed by atoms with Crippen LogP contribution in [0.2, 0.25) is 0 Å². The number of ether oxygens (including phenoxy) is 2. The topological polar surface area (TPSA) is 64.8 Å². The van der Waals surface area contributed by atoms with Crippen molar-refractivity contribution in [3.05, 3.63) is 0 Å². The van der Waals surface area contributed by atoms with Gasteiger partial charge in [0.1, 0.15) is 5.60 Å². The minimum absolute atomic E-state index is 0.149. The van der Waals surface area contributed by atoms with Crippen molar-refractivity contribution >= 4 is 6.09 Å². The van der Waals surface area contributed by atoms with Crippen LogP contribution >= 0.6 is 0 Å². The molecule has 0 aromatic carbocycles. The van der Waals surface area contributed by atoms with Crippen molar-refractivity contribution in [3.8, 4) is 0 Å². The maximum absolute atomic E-state index is 11.9. The summed E-state index contributed by atoms with van der Waals surface area (Å²) in [7, 11) is 0. The van der Waals surface area contributed by atoms with Gasteiger partial charge in [0.15, 0.2) is 0 Å². The molecule has 5 nitrogen and oxygen atoms in total. The third-order valence-corrected chi connectivity index (χ3v) is 3.23. The van der Waals surface area contributed by atoms with Gasteiger partial charge < -0.3 is 20.1 Å². The Morgan fingerprint density at radius 3 is 2.71 bits per heavy atom. The Balaban J connectivity index is 1.86. The molecular weight excluding hydrogens is 220 g/mol. The molecule has 2 heterocycles. The van der Waals surface area contributed by atoms with Crippen molar-refractivity contribution in [1.29, 1.82) is 0 Å². The van der Waals surface area contributed by atoms with E-state index in [1.165, 1.54) is 0 Å². The lowest BCUT2D eigenvalue weighted by molar-refractivity contribution is 0.0149. The van der Waals surface area contributed by atoms with Gasteiger partial charge in [0.2, 0.25) is 0 Å². The summed E-state index contributed by atoms with van der Waals surface area (Å²) < 4.78 is 11.1. The molecule has 0 unspecified atom stereocenters. The van der Waals surface area contributed by atoms with E-state index in [0.717, 1.165) is 13.0 Å². The molecule has 2 fully saturated rings. The molecule has 0 radical (unpaired) electrons. The fourth-order valence-corrected chi connectivity index (χ4v) is 2.49. The number of amides is 1. The summed E-state index contributed by atoms with van der Waals surface area (Å²) in [6.45, 7) is 7.57. The van der Waals surface area contributed by atoms with Crippen LogP contribution in [0, 0.1) is 5.92 Å². The summed E-state index contributed by atoms with van der Waals surface area (Å²) in [6, 6.07) is 0. The van der Waals surface area contributed by atoms with E-state index >= 15 is 0 Å². The van der Waals surface area contributed by atoms with Crippen LogP contribution in [0.5, 0.6) is 0 Å². The predicted octanol–water partition coefficient (Wildman–Crippen LogP) is 0.969. The molecule has 0 saturated carbocycles. The number of fused-ring (bicyclic) bond motifs is 1. The van der Waals surface area contributed by atoms with Crippen LogP contribution in [0.25, 0.3) is 0 Å². The van der Waals surface area contributed by atoms with E-state index in [0.29, 0.717) is 19.0 Å². The van der Waals surface area contributed by atoms with Gasteiger partial charge >= 0.3 is 6.09 Å². The maximum atomic E-state index is 11.9. The number of hydrogen-bond acceptors (Lipinski definition) is 4. The minimum atomic E-state index is -0.435. The monoisotopic (exact) mass is 242 g/mol. The molecule has 5 heteroatoms. The van der Waals surface area contributed by atoms with Gasteiger partial charge in [-0.05, 0) is 27.2 Å². The molecule has 1 amide bonds. The molecule has 2 N–H and O–H groups in total. The standard InChI is InChI=1S/C12H22N2O3/c1-12(2,3)17-11(15)14-6-8-4-9(5-13)16-10(8)7-14/h8-10H,4-7,13H2,1-3H3/t8-,9+,10-/m0/s1. The Labute approximate surface area is 102 Å². The van der Waals surface area contributed by atoms with E-state index in [1.807, 2.05) is 20.8 Å². The lowest BCUT2D eigenvalue weighted by Crippen LogP contribution is -2.37. The molecular formula is C12H22N2O3. The van der Waals surface area contributed by atoms with Crippen molar-refractivity contribution in [3.63, 3.8) is 0 Å². The summed E-state index contributed by atoms with van der Waals surface area (Å²) >= 11 is 0. The molecule has 0 aliphatic carbocycles. The maximum Gasteiger partial charge on any atom is 0.410 e. The fraction of sp³-hybridized carbons (Fsp3) is 0.917. The highest BCUT2D eigenvalue weighted by Crippen LogP contribution is 2.33. The Bertz CT molecular complexity index is 287. The van der Waals surface area contributed by atoms with Crippen LogP contribution < -0.4 is 5.73 Å². The summed E-state index contributed by atoms with van der Waals surface area (Å²) in [4.78, 5) is 13.6. The zero-order valence-electron chi connectivity index (χ0n) is 10.8. The Kier molecular flexibility index (Phi) is 3.32. The molecule has 17 heavy (non-hydrogen) atoms. The highest BCUT2D eigenvalue weighted by atomic mass is 16.6. The van der Waals surface area contributed by atoms with Crippen LogP contribution in [0.4, 0.5) is 4.79 Å². The average molecular weight is 242 g/mol. The molecule has 2 saturated heterocycles.